The molecule has 0 amide bonds. The van der Waals surface area contributed by atoms with Gasteiger partial charge in [0.25, 0.3) is 0 Å². The number of carboxylic acid groups (broad SMARTS) is 1. The Hall–Kier alpha value is -0.660. The smallest absolute Gasteiger partial charge is 0.339 e. The molecule has 0 heterocycles. The molecule has 0 unspecified atom stereocenters. The molecule has 0 spiro atoms. The van der Waals surface area contributed by atoms with Crippen LogP contribution in [0.2, 0.25) is 0 Å². The number of aromatic carboxylic acids is 1. The summed E-state index contributed by atoms with van der Waals surface area (Å²) in [4.78, 5) is 22.9. The largest absolute Gasteiger partial charge is 0.478 e. The number of benzene rings is 1. The summed E-state index contributed by atoms with van der Waals surface area (Å²) in [5.41, 5.74) is -0.189. The van der Waals surface area contributed by atoms with Crippen LogP contribution in [-0.4, -0.2) is 23.7 Å². The molecule has 0 aliphatic heterocycles. The van der Waals surface area contributed by atoms with E-state index < -0.39 is 11.9 Å². The van der Waals surface area contributed by atoms with Gasteiger partial charge in [0.15, 0.2) is 0 Å². The quantitative estimate of drug-likeness (QED) is 0.434. The summed E-state index contributed by atoms with van der Waals surface area (Å²) in [6, 6.07) is 1.39. The van der Waals surface area contributed by atoms with Crippen molar-refractivity contribution in [1.82, 2.24) is 0 Å². The van der Waals surface area contributed by atoms with Crippen molar-refractivity contribution in [3.63, 3.8) is 0 Å². The molecule has 18 heavy (non-hydrogen) atoms. The number of carbonyl (C=O) groups excluding carboxylic acids is 1. The fourth-order valence-electron chi connectivity index (χ4n) is 1.18. The van der Waals surface area contributed by atoms with E-state index in [1.54, 1.807) is 0 Å². The Morgan fingerprint density at radius 1 is 1.33 bits per heavy atom. The molecule has 0 radical (unpaired) electrons. The Morgan fingerprint density at radius 3 is 2.44 bits per heavy atom. The maximum Gasteiger partial charge on any atom is 0.339 e. The molecule has 4 nitrogen and oxygen atoms in total. The van der Waals surface area contributed by atoms with Crippen LogP contribution in [0, 0.1) is 0 Å². The molecule has 0 aliphatic carbocycles. The summed E-state index contributed by atoms with van der Waals surface area (Å²) < 4.78 is 6.17. The molecule has 0 saturated heterocycles. The minimum Gasteiger partial charge on any atom is -0.478 e. The molecule has 0 bridgehead atoms. The summed E-state index contributed by atoms with van der Waals surface area (Å²) in [5, 5.41) is 9.14. The number of rotatable bonds is 4. The van der Waals surface area contributed by atoms with Gasteiger partial charge in [0.2, 0.25) is 0 Å². The molecule has 1 N–H and O–H groups in total. The third kappa shape index (κ3) is 3.21. The molecule has 1 aromatic rings. The minimum atomic E-state index is -1.22. The van der Waals surface area contributed by atoms with Gasteiger partial charge in [-0.1, -0.05) is 12.7 Å². The Kier molecular flexibility index (Phi) is 5.55. The van der Waals surface area contributed by atoms with Gasteiger partial charge in [-0.05, 0) is 53.9 Å². The number of esters is 1. The first-order valence-electron chi connectivity index (χ1n) is 4.59. The van der Waals surface area contributed by atoms with Crippen molar-refractivity contribution >= 4 is 59.7 Å². The second-order valence-corrected chi connectivity index (χ2v) is 5.54. The van der Waals surface area contributed by atoms with Crippen LogP contribution in [0.5, 0.6) is 0 Å². The van der Waals surface area contributed by atoms with Crippen LogP contribution < -0.4 is 0 Å². The van der Waals surface area contributed by atoms with E-state index >= 15 is 0 Å². The predicted octanol–water partition coefficient (Wildman–Crippen LogP) is 4.02. The number of ether oxygens (including phenoxy) is 1. The predicted molar refractivity (Wildman–Crippen MR) is 77.0 cm³/mol. The van der Waals surface area contributed by atoms with E-state index in [9.17, 15) is 9.59 Å². The monoisotopic (exact) mass is 440 g/mol. The van der Waals surface area contributed by atoms with E-state index in [1.807, 2.05) is 0 Å². The fourth-order valence-corrected chi connectivity index (χ4v) is 2.78. The average Bonchev–Trinajstić information content (AvgIpc) is 2.31. The second kappa shape index (κ2) is 6.49. The second-order valence-electron chi connectivity index (χ2n) is 3.10. The van der Waals surface area contributed by atoms with Gasteiger partial charge in [-0.25, -0.2) is 9.59 Å². The summed E-state index contributed by atoms with van der Waals surface area (Å²) in [6.45, 7) is 3.43. The van der Waals surface area contributed by atoms with E-state index in [0.717, 1.165) is 0 Å². The normalized spacial score (nSPS) is 9.94. The van der Waals surface area contributed by atoms with E-state index in [1.165, 1.54) is 12.1 Å². The molecule has 1 aromatic carbocycles. The van der Waals surface area contributed by atoms with Gasteiger partial charge in [0.05, 0.1) is 11.1 Å². The first-order valence-corrected chi connectivity index (χ1v) is 6.96. The van der Waals surface area contributed by atoms with Crippen molar-refractivity contribution in [3.05, 3.63) is 43.3 Å². The Labute approximate surface area is 128 Å². The van der Waals surface area contributed by atoms with Crippen molar-refractivity contribution in [2.45, 2.75) is 0 Å². The van der Waals surface area contributed by atoms with Crippen molar-refractivity contribution in [2.24, 2.45) is 0 Å². The van der Waals surface area contributed by atoms with E-state index in [0.29, 0.717) is 8.95 Å². The standard InChI is InChI=1S/C11H7Br3O4/c1-2-3-18-11(17)5-4-6(12)8(13)9(14)7(5)10(15)16/h2,4H,1,3H2,(H,15,16). The van der Waals surface area contributed by atoms with Crippen molar-refractivity contribution in [1.29, 1.82) is 0 Å². The zero-order chi connectivity index (χ0) is 13.9. The molecule has 0 fully saturated rings. The van der Waals surface area contributed by atoms with E-state index in [2.05, 4.69) is 54.4 Å². The fraction of sp³-hybridized carbons (Fsp3) is 0.0909. The van der Waals surface area contributed by atoms with Crippen LogP contribution in [0.15, 0.2) is 32.1 Å². The van der Waals surface area contributed by atoms with Gasteiger partial charge in [0.1, 0.15) is 6.61 Å². The lowest BCUT2D eigenvalue weighted by Crippen LogP contribution is -2.13. The van der Waals surface area contributed by atoms with Gasteiger partial charge in [-0.15, -0.1) is 0 Å². The molecule has 0 aliphatic rings. The first kappa shape index (κ1) is 15.4. The number of hydrogen-bond donors (Lipinski definition) is 1. The van der Waals surface area contributed by atoms with Gasteiger partial charge in [-0.2, -0.15) is 0 Å². The number of halogens is 3. The lowest BCUT2D eigenvalue weighted by molar-refractivity contribution is 0.0536. The molecule has 96 valence electrons. The molecule has 1 rings (SSSR count). The Balaban J connectivity index is 3.38. The lowest BCUT2D eigenvalue weighted by atomic mass is 10.1. The number of hydrogen-bond acceptors (Lipinski definition) is 3. The zero-order valence-corrected chi connectivity index (χ0v) is 13.6. The molecule has 0 atom stereocenters. The zero-order valence-electron chi connectivity index (χ0n) is 8.87. The molecule has 0 saturated carbocycles. The maximum absolute atomic E-state index is 11.8. The molecular weight excluding hydrogens is 436 g/mol. The van der Waals surface area contributed by atoms with Crippen LogP contribution in [0.25, 0.3) is 0 Å². The summed E-state index contributed by atoms with van der Waals surface area (Å²) in [5.74, 6) is -1.94. The highest BCUT2D eigenvalue weighted by atomic mass is 79.9. The maximum atomic E-state index is 11.8. The molecule has 0 aromatic heterocycles. The summed E-state index contributed by atoms with van der Waals surface area (Å²) in [7, 11) is 0. The topological polar surface area (TPSA) is 63.6 Å². The number of carbonyl (C=O) groups is 2. The Morgan fingerprint density at radius 2 is 1.94 bits per heavy atom. The third-order valence-corrected chi connectivity index (χ3v) is 5.23. The minimum absolute atomic E-state index is 0.0171. The highest BCUT2D eigenvalue weighted by Crippen LogP contribution is 2.36. The van der Waals surface area contributed by atoms with E-state index in [4.69, 9.17) is 9.84 Å². The summed E-state index contributed by atoms with van der Waals surface area (Å²) in [6.07, 6.45) is 1.40. The van der Waals surface area contributed by atoms with Crippen molar-refractivity contribution < 1.29 is 19.4 Å². The Bertz CT molecular complexity index is 526. The van der Waals surface area contributed by atoms with Crippen LogP contribution in [0.4, 0.5) is 0 Å². The van der Waals surface area contributed by atoms with Crippen LogP contribution >= 0.6 is 47.8 Å². The van der Waals surface area contributed by atoms with Gasteiger partial charge in [0, 0.05) is 13.4 Å². The molecule has 7 heteroatoms. The summed E-state index contributed by atoms with van der Waals surface area (Å²) >= 11 is 9.56. The van der Waals surface area contributed by atoms with Gasteiger partial charge < -0.3 is 9.84 Å². The first-order chi connectivity index (χ1) is 8.40. The van der Waals surface area contributed by atoms with Crippen molar-refractivity contribution in [3.8, 4) is 0 Å². The lowest BCUT2D eigenvalue weighted by Gasteiger charge is -2.10. The van der Waals surface area contributed by atoms with Crippen molar-refractivity contribution in [2.75, 3.05) is 6.61 Å². The SMILES string of the molecule is C=CCOC(=O)c1cc(Br)c(Br)c(Br)c1C(=O)O. The van der Waals surface area contributed by atoms with Gasteiger partial charge >= 0.3 is 11.9 Å². The molecular formula is C11H7Br3O4. The van der Waals surface area contributed by atoms with Crippen LogP contribution in [-0.2, 0) is 4.74 Å². The highest BCUT2D eigenvalue weighted by Gasteiger charge is 2.24. The van der Waals surface area contributed by atoms with Gasteiger partial charge in [-0.3, -0.25) is 0 Å². The third-order valence-electron chi connectivity index (χ3n) is 1.93. The number of carboxylic acids is 1. The van der Waals surface area contributed by atoms with Crippen LogP contribution in [0.3, 0.4) is 0 Å². The average molecular weight is 443 g/mol. The van der Waals surface area contributed by atoms with Crippen LogP contribution in [0.1, 0.15) is 20.7 Å². The highest BCUT2D eigenvalue weighted by molar-refractivity contribution is 9.14. The van der Waals surface area contributed by atoms with E-state index in [-0.39, 0.29) is 22.2 Å².